The first-order valence-corrected chi connectivity index (χ1v) is 8.95. The molecule has 0 saturated carbocycles. The molecule has 144 valence electrons. The first-order chi connectivity index (χ1) is 12.8. The van der Waals surface area contributed by atoms with E-state index in [1.54, 1.807) is 0 Å². The number of rotatable bonds is 7. The van der Waals surface area contributed by atoms with E-state index in [-0.39, 0.29) is 11.8 Å². The largest absolute Gasteiger partial charge is 0.467 e. The van der Waals surface area contributed by atoms with Crippen LogP contribution in [0, 0.1) is 5.92 Å². The summed E-state index contributed by atoms with van der Waals surface area (Å²) in [5.41, 5.74) is 0.935. The van der Waals surface area contributed by atoms with E-state index in [0.29, 0.717) is 6.42 Å². The molecule has 0 unspecified atom stereocenters. The summed E-state index contributed by atoms with van der Waals surface area (Å²) in [5, 5.41) is 7.45. The molecule has 0 saturated heterocycles. The Labute approximate surface area is 159 Å². The molecule has 0 aliphatic rings. The Kier molecular flexibility index (Phi) is 6.93. The van der Waals surface area contributed by atoms with Gasteiger partial charge in [0.25, 0.3) is 0 Å². The lowest BCUT2D eigenvalue weighted by Gasteiger charge is -2.24. The zero-order valence-corrected chi connectivity index (χ0v) is 16.1. The average Bonchev–Trinajstić information content (AvgIpc) is 2.64. The van der Waals surface area contributed by atoms with Crippen LogP contribution < -0.4 is 10.6 Å². The van der Waals surface area contributed by atoms with E-state index in [2.05, 4.69) is 10.6 Å². The second kappa shape index (κ2) is 9.16. The SMILES string of the molecule is COC(=O)[C@@H](Cc1cccc2ccccc12)NC(=O)[C@H](NC(C)=O)C(C)C. The summed E-state index contributed by atoms with van der Waals surface area (Å²) < 4.78 is 4.88. The van der Waals surface area contributed by atoms with Crippen molar-refractivity contribution >= 4 is 28.6 Å². The lowest BCUT2D eigenvalue weighted by molar-refractivity contribution is -0.145. The molecule has 0 bridgehead atoms. The van der Waals surface area contributed by atoms with Crippen molar-refractivity contribution in [2.24, 2.45) is 5.92 Å². The predicted octanol–water partition coefficient (Wildman–Crippen LogP) is 2.20. The van der Waals surface area contributed by atoms with Gasteiger partial charge in [-0.05, 0) is 22.3 Å². The van der Waals surface area contributed by atoms with Crippen molar-refractivity contribution in [3.05, 3.63) is 48.0 Å². The number of ether oxygens (including phenoxy) is 1. The van der Waals surface area contributed by atoms with Crippen LogP contribution >= 0.6 is 0 Å². The van der Waals surface area contributed by atoms with Gasteiger partial charge in [-0.2, -0.15) is 0 Å². The highest BCUT2D eigenvalue weighted by Crippen LogP contribution is 2.20. The van der Waals surface area contributed by atoms with E-state index in [4.69, 9.17) is 4.74 Å². The van der Waals surface area contributed by atoms with E-state index in [1.807, 2.05) is 56.3 Å². The van der Waals surface area contributed by atoms with Gasteiger partial charge in [0.2, 0.25) is 11.8 Å². The zero-order valence-electron chi connectivity index (χ0n) is 16.1. The molecular formula is C21H26N2O4. The maximum atomic E-state index is 12.7. The van der Waals surface area contributed by atoms with Crippen molar-refractivity contribution < 1.29 is 19.1 Å². The van der Waals surface area contributed by atoms with Gasteiger partial charge in [0.05, 0.1) is 7.11 Å². The Bertz CT molecular complexity index is 827. The summed E-state index contributed by atoms with van der Waals surface area (Å²) in [4.78, 5) is 36.3. The number of hydrogen-bond acceptors (Lipinski definition) is 4. The molecule has 0 radical (unpaired) electrons. The minimum atomic E-state index is -0.844. The molecule has 0 aliphatic heterocycles. The van der Waals surface area contributed by atoms with Crippen molar-refractivity contribution in [1.29, 1.82) is 0 Å². The van der Waals surface area contributed by atoms with Crippen LogP contribution in [0.5, 0.6) is 0 Å². The zero-order chi connectivity index (χ0) is 20.0. The summed E-state index contributed by atoms with van der Waals surface area (Å²) >= 11 is 0. The Morgan fingerprint density at radius 1 is 1.00 bits per heavy atom. The molecule has 6 nitrogen and oxygen atoms in total. The fourth-order valence-electron chi connectivity index (χ4n) is 3.04. The van der Waals surface area contributed by atoms with Crippen molar-refractivity contribution in [3.63, 3.8) is 0 Å². The van der Waals surface area contributed by atoms with Crippen LogP contribution in [-0.4, -0.2) is 37.0 Å². The molecule has 2 atom stereocenters. The standard InChI is InChI=1S/C21H26N2O4/c1-13(2)19(22-14(3)24)20(25)23-18(21(26)27-4)12-16-10-7-9-15-8-5-6-11-17(15)16/h5-11,13,18-19H,12H2,1-4H3,(H,22,24)(H,23,25)/t18-,19-/m1/s1. The third kappa shape index (κ3) is 5.29. The lowest BCUT2D eigenvalue weighted by atomic mass is 9.97. The number of amides is 2. The predicted molar refractivity (Wildman–Crippen MR) is 104 cm³/mol. The number of carbonyl (C=O) groups excluding carboxylic acids is 3. The van der Waals surface area contributed by atoms with E-state index in [9.17, 15) is 14.4 Å². The molecule has 0 heterocycles. The Hall–Kier alpha value is -2.89. The van der Waals surface area contributed by atoms with Gasteiger partial charge in [0.15, 0.2) is 0 Å². The van der Waals surface area contributed by atoms with E-state index < -0.39 is 24.0 Å². The van der Waals surface area contributed by atoms with Gasteiger partial charge in [-0.3, -0.25) is 9.59 Å². The van der Waals surface area contributed by atoms with Gasteiger partial charge in [-0.15, -0.1) is 0 Å². The van der Waals surface area contributed by atoms with Crippen molar-refractivity contribution in [3.8, 4) is 0 Å². The van der Waals surface area contributed by atoms with Gasteiger partial charge in [-0.1, -0.05) is 56.3 Å². The maximum Gasteiger partial charge on any atom is 0.328 e. The summed E-state index contributed by atoms with van der Waals surface area (Å²) in [5.74, 6) is -1.35. The first kappa shape index (κ1) is 20.4. The van der Waals surface area contributed by atoms with Gasteiger partial charge >= 0.3 is 5.97 Å². The molecule has 2 N–H and O–H groups in total. The van der Waals surface area contributed by atoms with Crippen LogP contribution in [0.4, 0.5) is 0 Å². The van der Waals surface area contributed by atoms with Gasteiger partial charge in [0.1, 0.15) is 12.1 Å². The number of benzene rings is 2. The van der Waals surface area contributed by atoms with Crippen LogP contribution in [0.15, 0.2) is 42.5 Å². The lowest BCUT2D eigenvalue weighted by Crippen LogP contribution is -2.54. The molecule has 0 fully saturated rings. The highest BCUT2D eigenvalue weighted by atomic mass is 16.5. The van der Waals surface area contributed by atoms with Crippen LogP contribution in [0.25, 0.3) is 10.8 Å². The average molecular weight is 370 g/mol. The molecule has 6 heteroatoms. The van der Waals surface area contributed by atoms with E-state index in [0.717, 1.165) is 16.3 Å². The number of fused-ring (bicyclic) bond motifs is 1. The van der Waals surface area contributed by atoms with E-state index in [1.165, 1.54) is 14.0 Å². The summed E-state index contributed by atoms with van der Waals surface area (Å²) in [6.45, 7) is 5.02. The van der Waals surface area contributed by atoms with Crippen LogP contribution in [0.1, 0.15) is 26.3 Å². The normalized spacial score (nSPS) is 13.1. The fourth-order valence-corrected chi connectivity index (χ4v) is 3.04. The highest BCUT2D eigenvalue weighted by Gasteiger charge is 2.29. The smallest absolute Gasteiger partial charge is 0.328 e. The Balaban J connectivity index is 2.26. The quantitative estimate of drug-likeness (QED) is 0.732. The summed E-state index contributed by atoms with van der Waals surface area (Å²) in [7, 11) is 1.29. The van der Waals surface area contributed by atoms with Gasteiger partial charge < -0.3 is 15.4 Å². The first-order valence-electron chi connectivity index (χ1n) is 8.95. The molecule has 0 aliphatic carbocycles. The second-order valence-electron chi connectivity index (χ2n) is 6.85. The monoisotopic (exact) mass is 370 g/mol. The maximum absolute atomic E-state index is 12.7. The molecule has 2 rings (SSSR count). The highest BCUT2D eigenvalue weighted by molar-refractivity contribution is 5.91. The number of hydrogen-bond donors (Lipinski definition) is 2. The van der Waals surface area contributed by atoms with Gasteiger partial charge in [0, 0.05) is 13.3 Å². The molecule has 2 aromatic rings. The Morgan fingerprint density at radius 2 is 1.67 bits per heavy atom. The van der Waals surface area contributed by atoms with Crippen LogP contribution in [0.3, 0.4) is 0 Å². The Morgan fingerprint density at radius 3 is 2.30 bits per heavy atom. The molecular weight excluding hydrogens is 344 g/mol. The third-order valence-electron chi connectivity index (χ3n) is 4.41. The summed E-state index contributed by atoms with van der Waals surface area (Å²) in [6, 6.07) is 12.1. The fraction of sp³-hybridized carbons (Fsp3) is 0.381. The molecule has 2 amide bonds. The minimum Gasteiger partial charge on any atom is -0.467 e. The number of nitrogens with one attached hydrogen (secondary N) is 2. The minimum absolute atomic E-state index is 0.121. The molecule has 27 heavy (non-hydrogen) atoms. The van der Waals surface area contributed by atoms with E-state index >= 15 is 0 Å². The van der Waals surface area contributed by atoms with Crippen molar-refractivity contribution in [1.82, 2.24) is 10.6 Å². The van der Waals surface area contributed by atoms with Gasteiger partial charge in [-0.25, -0.2) is 4.79 Å². The summed E-state index contributed by atoms with van der Waals surface area (Å²) in [6.07, 6.45) is 0.296. The van der Waals surface area contributed by atoms with Crippen LogP contribution in [-0.2, 0) is 25.5 Å². The third-order valence-corrected chi connectivity index (χ3v) is 4.41. The topological polar surface area (TPSA) is 84.5 Å². The molecule has 0 spiro atoms. The van der Waals surface area contributed by atoms with Crippen LogP contribution in [0.2, 0.25) is 0 Å². The number of carbonyl (C=O) groups is 3. The second-order valence-corrected chi connectivity index (χ2v) is 6.85. The molecule has 2 aromatic carbocycles. The van der Waals surface area contributed by atoms with Crippen molar-refractivity contribution in [2.45, 2.75) is 39.3 Å². The number of methoxy groups -OCH3 is 1. The number of esters is 1. The molecule has 0 aromatic heterocycles. The van der Waals surface area contributed by atoms with Crippen molar-refractivity contribution in [2.75, 3.05) is 7.11 Å².